The highest BCUT2D eigenvalue weighted by Crippen LogP contribution is 2.18. The molecule has 1 saturated heterocycles. The standard InChI is InChI=1S/C18H18N6O3/c1-12-20-15-10-19-11-16(24(15)21-12)22-5-7-23(8-6-22)17(25)13-3-2-4-14(9-13)18(26)27/h2-4,9-11H,5-8H2,1H3,(H,26,27). The molecule has 0 unspecified atom stereocenters. The van der Waals surface area contributed by atoms with Crippen LogP contribution in [0.3, 0.4) is 0 Å². The quantitative estimate of drug-likeness (QED) is 0.740. The van der Waals surface area contributed by atoms with Crippen LogP contribution >= 0.6 is 0 Å². The second-order valence-corrected chi connectivity index (χ2v) is 6.36. The minimum atomic E-state index is -1.04. The summed E-state index contributed by atoms with van der Waals surface area (Å²) < 4.78 is 1.76. The molecular formula is C18H18N6O3. The van der Waals surface area contributed by atoms with E-state index in [-0.39, 0.29) is 11.5 Å². The van der Waals surface area contributed by atoms with E-state index in [4.69, 9.17) is 5.11 Å². The number of carboxylic acid groups (broad SMARTS) is 1. The molecule has 27 heavy (non-hydrogen) atoms. The average Bonchev–Trinajstić information content (AvgIpc) is 3.08. The van der Waals surface area contributed by atoms with Gasteiger partial charge in [-0.05, 0) is 25.1 Å². The highest BCUT2D eigenvalue weighted by Gasteiger charge is 2.24. The van der Waals surface area contributed by atoms with Gasteiger partial charge in [-0.1, -0.05) is 6.07 Å². The maximum atomic E-state index is 12.7. The molecule has 1 amide bonds. The summed E-state index contributed by atoms with van der Waals surface area (Å²) in [4.78, 5) is 36.2. The first-order valence-corrected chi connectivity index (χ1v) is 8.58. The van der Waals surface area contributed by atoms with E-state index in [9.17, 15) is 9.59 Å². The number of aromatic nitrogens is 4. The summed E-state index contributed by atoms with van der Waals surface area (Å²) in [5.41, 5.74) is 1.19. The van der Waals surface area contributed by atoms with Crippen LogP contribution < -0.4 is 4.90 Å². The van der Waals surface area contributed by atoms with Crippen molar-refractivity contribution in [3.8, 4) is 0 Å². The van der Waals surface area contributed by atoms with Crippen LogP contribution in [0.25, 0.3) is 5.65 Å². The van der Waals surface area contributed by atoms with Gasteiger partial charge in [0.05, 0.1) is 18.0 Å². The van der Waals surface area contributed by atoms with Crippen molar-refractivity contribution in [1.82, 2.24) is 24.5 Å². The van der Waals surface area contributed by atoms with Crippen LogP contribution in [0.1, 0.15) is 26.5 Å². The Morgan fingerprint density at radius 2 is 1.81 bits per heavy atom. The van der Waals surface area contributed by atoms with E-state index in [1.54, 1.807) is 33.9 Å². The molecule has 1 aromatic carbocycles. The van der Waals surface area contributed by atoms with Gasteiger partial charge < -0.3 is 14.9 Å². The van der Waals surface area contributed by atoms with Crippen molar-refractivity contribution in [3.63, 3.8) is 0 Å². The molecule has 1 fully saturated rings. The normalized spacial score (nSPS) is 14.6. The lowest BCUT2D eigenvalue weighted by molar-refractivity contribution is 0.0697. The van der Waals surface area contributed by atoms with E-state index in [0.29, 0.717) is 43.2 Å². The third-order valence-electron chi connectivity index (χ3n) is 4.58. The number of carboxylic acids is 1. The van der Waals surface area contributed by atoms with Gasteiger partial charge in [0.25, 0.3) is 5.91 Å². The predicted molar refractivity (Wildman–Crippen MR) is 97.0 cm³/mol. The topological polar surface area (TPSA) is 104 Å². The maximum Gasteiger partial charge on any atom is 0.335 e. The molecule has 9 heteroatoms. The van der Waals surface area contributed by atoms with E-state index < -0.39 is 5.97 Å². The molecule has 1 aliphatic rings. The number of aromatic carboxylic acids is 1. The minimum absolute atomic E-state index is 0.110. The SMILES string of the molecule is Cc1nc2cncc(N3CCN(C(=O)c4cccc(C(=O)O)c4)CC3)n2n1. The van der Waals surface area contributed by atoms with E-state index in [0.717, 1.165) is 5.82 Å². The summed E-state index contributed by atoms with van der Waals surface area (Å²) >= 11 is 0. The van der Waals surface area contributed by atoms with Crippen molar-refractivity contribution in [2.75, 3.05) is 31.1 Å². The second kappa shape index (κ2) is 6.67. The van der Waals surface area contributed by atoms with Gasteiger partial charge in [0.1, 0.15) is 5.82 Å². The molecule has 138 valence electrons. The number of hydrogen-bond acceptors (Lipinski definition) is 6. The summed E-state index contributed by atoms with van der Waals surface area (Å²) in [5.74, 6) is 0.313. The molecular weight excluding hydrogens is 348 g/mol. The average molecular weight is 366 g/mol. The lowest BCUT2D eigenvalue weighted by Crippen LogP contribution is -2.49. The van der Waals surface area contributed by atoms with Crippen molar-refractivity contribution >= 4 is 23.3 Å². The monoisotopic (exact) mass is 366 g/mol. The lowest BCUT2D eigenvalue weighted by atomic mass is 10.1. The fourth-order valence-corrected chi connectivity index (χ4v) is 3.23. The van der Waals surface area contributed by atoms with Gasteiger partial charge in [-0.25, -0.2) is 9.78 Å². The molecule has 0 saturated carbocycles. The first-order chi connectivity index (χ1) is 13.0. The summed E-state index contributed by atoms with van der Waals surface area (Å²) in [7, 11) is 0. The number of nitrogens with zero attached hydrogens (tertiary/aromatic N) is 6. The summed E-state index contributed by atoms with van der Waals surface area (Å²) in [6.07, 6.45) is 3.41. The zero-order valence-corrected chi connectivity index (χ0v) is 14.7. The Bertz CT molecular complexity index is 1020. The Morgan fingerprint density at radius 3 is 2.56 bits per heavy atom. The van der Waals surface area contributed by atoms with Crippen LogP contribution in [-0.4, -0.2) is 67.6 Å². The number of anilines is 1. The van der Waals surface area contributed by atoms with Crippen LogP contribution in [0.2, 0.25) is 0 Å². The fraction of sp³-hybridized carbons (Fsp3) is 0.278. The molecule has 9 nitrogen and oxygen atoms in total. The first kappa shape index (κ1) is 17.0. The highest BCUT2D eigenvalue weighted by atomic mass is 16.4. The summed E-state index contributed by atoms with van der Waals surface area (Å²) in [6.45, 7) is 4.15. The third kappa shape index (κ3) is 3.19. The van der Waals surface area contributed by atoms with Crippen molar-refractivity contribution < 1.29 is 14.7 Å². The molecule has 1 N–H and O–H groups in total. The Hall–Kier alpha value is -3.49. The van der Waals surface area contributed by atoms with Crippen molar-refractivity contribution in [3.05, 3.63) is 53.6 Å². The van der Waals surface area contributed by atoms with Gasteiger partial charge in [0.15, 0.2) is 11.5 Å². The number of amides is 1. The number of hydrogen-bond donors (Lipinski definition) is 1. The third-order valence-corrected chi connectivity index (χ3v) is 4.58. The zero-order chi connectivity index (χ0) is 19.0. The van der Waals surface area contributed by atoms with Gasteiger partial charge in [0.2, 0.25) is 0 Å². The Morgan fingerprint density at radius 1 is 1.07 bits per heavy atom. The lowest BCUT2D eigenvalue weighted by Gasteiger charge is -2.35. The van der Waals surface area contributed by atoms with Gasteiger partial charge in [0, 0.05) is 31.7 Å². The van der Waals surface area contributed by atoms with E-state index in [1.165, 1.54) is 12.1 Å². The number of piperazine rings is 1. The van der Waals surface area contributed by atoms with E-state index in [2.05, 4.69) is 20.0 Å². The summed E-state index contributed by atoms with van der Waals surface area (Å²) in [6, 6.07) is 6.13. The van der Waals surface area contributed by atoms with Gasteiger partial charge in [-0.2, -0.15) is 4.52 Å². The molecule has 0 atom stereocenters. The van der Waals surface area contributed by atoms with Crippen LogP contribution in [0, 0.1) is 6.92 Å². The molecule has 0 bridgehead atoms. The first-order valence-electron chi connectivity index (χ1n) is 8.58. The van der Waals surface area contributed by atoms with Crippen LogP contribution in [0.15, 0.2) is 36.7 Å². The van der Waals surface area contributed by atoms with Crippen molar-refractivity contribution in [1.29, 1.82) is 0 Å². The minimum Gasteiger partial charge on any atom is -0.478 e. The molecule has 0 spiro atoms. The van der Waals surface area contributed by atoms with Gasteiger partial charge in [-0.15, -0.1) is 5.10 Å². The highest BCUT2D eigenvalue weighted by molar-refractivity contribution is 5.97. The smallest absolute Gasteiger partial charge is 0.335 e. The Kier molecular flexibility index (Phi) is 4.19. The number of fused-ring (bicyclic) bond motifs is 1. The van der Waals surface area contributed by atoms with Gasteiger partial charge >= 0.3 is 5.97 Å². The Balaban J connectivity index is 1.49. The number of benzene rings is 1. The Labute approximate surface area is 154 Å². The van der Waals surface area contributed by atoms with Crippen LogP contribution in [-0.2, 0) is 0 Å². The second-order valence-electron chi connectivity index (χ2n) is 6.36. The maximum absolute atomic E-state index is 12.7. The number of carbonyl (C=O) groups is 2. The number of carbonyl (C=O) groups excluding carboxylic acids is 1. The van der Waals surface area contributed by atoms with E-state index in [1.807, 2.05) is 6.92 Å². The fourth-order valence-electron chi connectivity index (χ4n) is 3.23. The molecule has 0 radical (unpaired) electrons. The van der Waals surface area contributed by atoms with E-state index >= 15 is 0 Å². The summed E-state index contributed by atoms with van der Waals surface area (Å²) in [5, 5.41) is 13.5. The van der Waals surface area contributed by atoms with Crippen LogP contribution in [0.4, 0.5) is 5.82 Å². The zero-order valence-electron chi connectivity index (χ0n) is 14.7. The molecule has 4 rings (SSSR count). The molecule has 0 aliphatic carbocycles. The molecule has 1 aliphatic heterocycles. The number of rotatable bonds is 3. The number of aryl methyl sites for hydroxylation is 1. The largest absolute Gasteiger partial charge is 0.478 e. The predicted octanol–water partition coefficient (Wildman–Crippen LogP) is 1.09. The van der Waals surface area contributed by atoms with Crippen molar-refractivity contribution in [2.24, 2.45) is 0 Å². The molecule has 3 heterocycles. The van der Waals surface area contributed by atoms with Crippen molar-refractivity contribution in [2.45, 2.75) is 6.92 Å². The van der Waals surface area contributed by atoms with Gasteiger partial charge in [-0.3, -0.25) is 9.78 Å². The molecule has 2 aromatic heterocycles. The van der Waals surface area contributed by atoms with Crippen LogP contribution in [0.5, 0.6) is 0 Å². The molecule has 3 aromatic rings.